The van der Waals surface area contributed by atoms with Crippen LogP contribution in [0.2, 0.25) is 0 Å². The van der Waals surface area contributed by atoms with Crippen LogP contribution in [0.5, 0.6) is 0 Å². The molecule has 0 bridgehead atoms. The van der Waals surface area contributed by atoms with Gasteiger partial charge in [-0.15, -0.1) is 11.3 Å². The third-order valence-corrected chi connectivity index (χ3v) is 5.75. The second kappa shape index (κ2) is 6.28. The lowest BCUT2D eigenvalue weighted by Gasteiger charge is -2.15. The summed E-state index contributed by atoms with van der Waals surface area (Å²) in [6.45, 7) is 4.13. The number of aliphatic hydroxyl groups excluding tert-OH is 1. The van der Waals surface area contributed by atoms with Gasteiger partial charge in [0.1, 0.15) is 5.69 Å². The van der Waals surface area contributed by atoms with Gasteiger partial charge in [0.25, 0.3) is 5.91 Å². The average Bonchev–Trinajstić information content (AvgIpc) is 3.26. The molecule has 25 heavy (non-hydrogen) atoms. The van der Waals surface area contributed by atoms with Gasteiger partial charge >= 0.3 is 0 Å². The number of aryl methyl sites for hydroxylation is 2. The maximum absolute atomic E-state index is 12.6. The predicted molar refractivity (Wildman–Crippen MR) is 99.1 cm³/mol. The predicted octanol–water partition coefficient (Wildman–Crippen LogP) is 3.32. The van der Waals surface area contributed by atoms with Gasteiger partial charge in [-0.1, -0.05) is 17.7 Å². The molecule has 2 aromatic heterocycles. The number of carbonyl (C=O) groups excluding carboxylic acids is 1. The Bertz CT molecular complexity index is 943. The highest BCUT2D eigenvalue weighted by molar-refractivity contribution is 7.15. The molecule has 0 spiro atoms. The van der Waals surface area contributed by atoms with E-state index in [0.717, 1.165) is 41.0 Å². The van der Waals surface area contributed by atoms with Crippen LogP contribution in [0.1, 0.15) is 40.9 Å². The van der Waals surface area contributed by atoms with Gasteiger partial charge in [0.15, 0.2) is 4.96 Å². The molecule has 2 unspecified atom stereocenters. The van der Waals surface area contributed by atoms with E-state index in [1.165, 1.54) is 16.9 Å². The molecular weight excluding hydrogens is 334 g/mol. The smallest absolute Gasteiger partial charge is 0.269 e. The van der Waals surface area contributed by atoms with E-state index in [0.29, 0.717) is 5.69 Å². The van der Waals surface area contributed by atoms with E-state index < -0.39 is 6.10 Å². The van der Waals surface area contributed by atoms with E-state index in [9.17, 15) is 9.90 Å². The van der Waals surface area contributed by atoms with Crippen molar-refractivity contribution < 1.29 is 9.90 Å². The lowest BCUT2D eigenvalue weighted by molar-refractivity contribution is 0.0868. The number of nitrogens with one attached hydrogen (secondary N) is 1. The van der Waals surface area contributed by atoms with Crippen molar-refractivity contribution in [2.24, 2.45) is 0 Å². The highest BCUT2D eigenvalue weighted by atomic mass is 32.1. The lowest BCUT2D eigenvalue weighted by Crippen LogP contribution is -2.40. The molecule has 130 valence electrons. The molecule has 3 aromatic rings. The molecule has 4 rings (SSSR count). The number of aromatic nitrogens is 2. The van der Waals surface area contributed by atoms with E-state index >= 15 is 0 Å². The second-order valence-corrected chi connectivity index (χ2v) is 7.63. The summed E-state index contributed by atoms with van der Waals surface area (Å²) in [5.41, 5.74) is 4.89. The molecule has 1 saturated carbocycles. The monoisotopic (exact) mass is 355 g/mol. The number of hydrogen-bond acceptors (Lipinski definition) is 4. The summed E-state index contributed by atoms with van der Waals surface area (Å²) < 4.78 is 1.85. The Morgan fingerprint density at radius 3 is 2.96 bits per heavy atom. The van der Waals surface area contributed by atoms with Crippen molar-refractivity contribution in [1.82, 2.24) is 14.7 Å². The summed E-state index contributed by atoms with van der Waals surface area (Å²) in [6, 6.07) is 6.15. The summed E-state index contributed by atoms with van der Waals surface area (Å²) in [5.74, 6) is -0.151. The summed E-state index contributed by atoms with van der Waals surface area (Å²) in [7, 11) is 0. The van der Waals surface area contributed by atoms with Gasteiger partial charge in [-0.2, -0.15) is 0 Å². The Hall–Kier alpha value is -2.18. The number of aliphatic hydroxyl groups is 1. The van der Waals surface area contributed by atoms with Crippen LogP contribution in [0.15, 0.2) is 29.8 Å². The van der Waals surface area contributed by atoms with Crippen LogP contribution in [-0.4, -0.2) is 32.5 Å². The van der Waals surface area contributed by atoms with Crippen molar-refractivity contribution in [1.29, 1.82) is 0 Å². The zero-order valence-corrected chi connectivity index (χ0v) is 15.1. The molecule has 1 aliphatic rings. The topological polar surface area (TPSA) is 66.6 Å². The molecule has 0 aliphatic heterocycles. The molecule has 2 atom stereocenters. The molecule has 2 N–H and O–H groups in total. The first-order valence-electron chi connectivity index (χ1n) is 8.56. The highest BCUT2D eigenvalue weighted by Crippen LogP contribution is 2.27. The quantitative estimate of drug-likeness (QED) is 0.757. The molecular formula is C19H21N3O2S. The van der Waals surface area contributed by atoms with E-state index in [1.807, 2.05) is 16.0 Å². The normalized spacial score (nSPS) is 20.3. The Morgan fingerprint density at radius 1 is 1.36 bits per heavy atom. The number of thiazole rings is 1. The molecule has 5 nitrogen and oxygen atoms in total. The standard InChI is InChI=1S/C19H21N3O2S/c1-11-6-7-12(2)13(8-11)15-9-22-16(10-25-19(22)21-15)18(24)20-14-4-3-5-17(14)23/h6-10,14,17,23H,3-5H2,1-2H3,(H,20,24). The van der Waals surface area contributed by atoms with Gasteiger partial charge in [0.2, 0.25) is 0 Å². The number of imidazole rings is 1. The van der Waals surface area contributed by atoms with Crippen LogP contribution in [0.25, 0.3) is 16.2 Å². The maximum Gasteiger partial charge on any atom is 0.269 e. The van der Waals surface area contributed by atoms with Crippen molar-refractivity contribution in [3.05, 3.63) is 46.6 Å². The van der Waals surface area contributed by atoms with Gasteiger partial charge in [0.05, 0.1) is 17.8 Å². The molecule has 1 aliphatic carbocycles. The molecule has 6 heteroatoms. The maximum atomic E-state index is 12.6. The number of carbonyl (C=O) groups is 1. The Kier molecular flexibility index (Phi) is 4.09. The van der Waals surface area contributed by atoms with Gasteiger partial charge in [-0.3, -0.25) is 9.20 Å². The Labute approximate surface area is 150 Å². The summed E-state index contributed by atoms with van der Waals surface area (Å²) in [4.78, 5) is 18.1. The van der Waals surface area contributed by atoms with Crippen LogP contribution in [-0.2, 0) is 0 Å². The first-order chi connectivity index (χ1) is 12.0. The van der Waals surface area contributed by atoms with Crippen LogP contribution >= 0.6 is 11.3 Å². The number of fused-ring (bicyclic) bond motifs is 1. The van der Waals surface area contributed by atoms with Gasteiger partial charge in [-0.05, 0) is 44.7 Å². The molecule has 0 saturated heterocycles. The molecule has 2 heterocycles. The van der Waals surface area contributed by atoms with Crippen molar-refractivity contribution in [3.63, 3.8) is 0 Å². The first kappa shape index (κ1) is 16.3. The van der Waals surface area contributed by atoms with Crippen LogP contribution in [0.4, 0.5) is 0 Å². The van der Waals surface area contributed by atoms with Gasteiger partial charge in [-0.25, -0.2) is 4.98 Å². The van der Waals surface area contributed by atoms with E-state index in [2.05, 4.69) is 42.3 Å². The SMILES string of the molecule is Cc1ccc(C)c(-c2cn3c(C(=O)NC4CCCC4O)csc3n2)c1. The highest BCUT2D eigenvalue weighted by Gasteiger charge is 2.28. The largest absolute Gasteiger partial charge is 0.391 e. The fraction of sp³-hybridized carbons (Fsp3) is 0.368. The zero-order valence-electron chi connectivity index (χ0n) is 14.3. The average molecular weight is 355 g/mol. The van der Waals surface area contributed by atoms with Crippen LogP contribution in [0.3, 0.4) is 0 Å². The summed E-state index contributed by atoms with van der Waals surface area (Å²) >= 11 is 1.46. The van der Waals surface area contributed by atoms with E-state index in [4.69, 9.17) is 0 Å². The molecule has 1 amide bonds. The Balaban J connectivity index is 1.66. The number of rotatable bonds is 3. The third-order valence-electron chi connectivity index (χ3n) is 4.91. The molecule has 0 radical (unpaired) electrons. The van der Waals surface area contributed by atoms with E-state index in [1.54, 1.807) is 0 Å². The van der Waals surface area contributed by atoms with Crippen LogP contribution < -0.4 is 5.32 Å². The van der Waals surface area contributed by atoms with Crippen LogP contribution in [0, 0.1) is 13.8 Å². The van der Waals surface area contributed by atoms with Crippen molar-refractivity contribution in [2.45, 2.75) is 45.3 Å². The summed E-state index contributed by atoms with van der Waals surface area (Å²) in [6.07, 6.45) is 4.02. The summed E-state index contributed by atoms with van der Waals surface area (Å²) in [5, 5.41) is 14.7. The van der Waals surface area contributed by atoms with Crippen molar-refractivity contribution in [2.75, 3.05) is 0 Å². The number of hydrogen-bond donors (Lipinski definition) is 2. The number of benzene rings is 1. The minimum atomic E-state index is -0.439. The minimum Gasteiger partial charge on any atom is -0.391 e. The number of amides is 1. The minimum absolute atomic E-state index is 0.149. The van der Waals surface area contributed by atoms with E-state index in [-0.39, 0.29) is 11.9 Å². The van der Waals surface area contributed by atoms with Gasteiger partial charge in [0, 0.05) is 17.1 Å². The fourth-order valence-corrected chi connectivity index (χ4v) is 4.29. The van der Waals surface area contributed by atoms with Gasteiger partial charge < -0.3 is 10.4 Å². The fourth-order valence-electron chi connectivity index (χ4n) is 3.44. The third kappa shape index (κ3) is 2.96. The van der Waals surface area contributed by atoms with Crippen molar-refractivity contribution in [3.8, 4) is 11.3 Å². The van der Waals surface area contributed by atoms with Crippen molar-refractivity contribution >= 4 is 22.2 Å². The molecule has 1 fully saturated rings. The lowest BCUT2D eigenvalue weighted by atomic mass is 10.0. The Morgan fingerprint density at radius 2 is 2.20 bits per heavy atom. The second-order valence-electron chi connectivity index (χ2n) is 6.80. The first-order valence-corrected chi connectivity index (χ1v) is 9.44. The number of nitrogens with zero attached hydrogens (tertiary/aromatic N) is 2. The molecule has 1 aromatic carbocycles. The zero-order chi connectivity index (χ0) is 17.6.